The highest BCUT2D eigenvalue weighted by atomic mass is 31.2. The third-order valence-electron chi connectivity index (χ3n) is 2.84. The molecule has 0 unspecified atom stereocenters. The molecule has 1 atom stereocenters. The van der Waals surface area contributed by atoms with Crippen LogP contribution < -0.4 is 0 Å². The van der Waals surface area contributed by atoms with Crippen LogP contribution in [0.5, 0.6) is 0 Å². The zero-order chi connectivity index (χ0) is 10.1. The molecule has 74 valence electrons. The summed E-state index contributed by atoms with van der Waals surface area (Å²) in [6.45, 7) is 8.09. The highest BCUT2D eigenvalue weighted by Gasteiger charge is 2.36. The van der Waals surface area contributed by atoms with E-state index in [1.165, 1.54) is 0 Å². The van der Waals surface area contributed by atoms with Crippen LogP contribution in [0, 0.1) is 0 Å². The molecule has 0 saturated heterocycles. The van der Waals surface area contributed by atoms with Gasteiger partial charge in [0, 0.05) is 10.8 Å². The Balaban J connectivity index is 2.93. The summed E-state index contributed by atoms with van der Waals surface area (Å²) >= 11 is 0. The second kappa shape index (κ2) is 3.46. The lowest BCUT2D eigenvalue weighted by atomic mass is 10.2. The van der Waals surface area contributed by atoms with Crippen LogP contribution in [-0.4, -0.2) is 17.5 Å². The molecule has 1 aliphatic carbocycles. The van der Waals surface area contributed by atoms with E-state index in [2.05, 4.69) is 45.1 Å². The fourth-order valence-corrected chi connectivity index (χ4v) is 3.15. The third-order valence-corrected chi connectivity index (χ3v) is 6.99. The van der Waals surface area contributed by atoms with Gasteiger partial charge in [-0.2, -0.15) is 0 Å². The van der Waals surface area contributed by atoms with Crippen LogP contribution in [0.4, 0.5) is 0 Å². The lowest BCUT2D eigenvalue weighted by Gasteiger charge is -2.32. The maximum Gasteiger partial charge on any atom is 0.0999 e. The molecule has 0 aromatic rings. The summed E-state index contributed by atoms with van der Waals surface area (Å²) in [5, 5.41) is -0.0936. The van der Waals surface area contributed by atoms with Crippen LogP contribution in [0.1, 0.15) is 27.2 Å². The Morgan fingerprint density at radius 3 is 2.08 bits per heavy atom. The molecule has 2 heteroatoms. The molecule has 0 N–H and O–H groups in total. The molecule has 1 nitrogen and oxygen atoms in total. The minimum atomic E-state index is -2.13. The average molecular weight is 198 g/mol. The Kier molecular flexibility index (Phi) is 2.87. The third kappa shape index (κ3) is 2.14. The Morgan fingerprint density at radius 2 is 1.69 bits per heavy atom. The number of rotatable bonds is 1. The summed E-state index contributed by atoms with van der Waals surface area (Å²) in [5.41, 5.74) is 0.154. The van der Waals surface area contributed by atoms with Gasteiger partial charge in [0.05, 0.1) is 7.14 Å². The van der Waals surface area contributed by atoms with Crippen molar-refractivity contribution in [1.29, 1.82) is 0 Å². The van der Waals surface area contributed by atoms with Gasteiger partial charge < -0.3 is 4.57 Å². The van der Waals surface area contributed by atoms with E-state index < -0.39 is 7.14 Å². The van der Waals surface area contributed by atoms with Gasteiger partial charge in [-0.3, -0.25) is 0 Å². The molecule has 1 rings (SSSR count). The molecule has 1 aliphatic rings. The second-order valence-electron chi connectivity index (χ2n) is 4.74. The van der Waals surface area contributed by atoms with Crippen molar-refractivity contribution in [2.24, 2.45) is 0 Å². The molecular formula is C11H19OP. The molecule has 13 heavy (non-hydrogen) atoms. The molecular weight excluding hydrogens is 179 g/mol. The molecule has 0 spiro atoms. The van der Waals surface area contributed by atoms with Crippen LogP contribution in [0.2, 0.25) is 0 Å². The molecule has 0 aromatic heterocycles. The van der Waals surface area contributed by atoms with Crippen LogP contribution in [0.15, 0.2) is 24.3 Å². The Hall–Kier alpha value is -0.290. The Bertz CT molecular complexity index is 269. The summed E-state index contributed by atoms with van der Waals surface area (Å²) in [4.78, 5) is 0. The standard InChI is InChI=1S/C11H19OP/c1-11(2,3)13(4,12)10-8-6-5-7-9-10/h6-10H,5H2,1-4H3/t13-/m1/s1. The summed E-state index contributed by atoms with van der Waals surface area (Å²) in [7, 11) is -2.13. The van der Waals surface area contributed by atoms with Gasteiger partial charge in [0.15, 0.2) is 0 Å². The van der Waals surface area contributed by atoms with Gasteiger partial charge in [-0.1, -0.05) is 45.1 Å². The molecule has 0 amide bonds. The van der Waals surface area contributed by atoms with Crippen LogP contribution in [-0.2, 0) is 4.57 Å². The molecule has 0 radical (unpaired) electrons. The summed E-state index contributed by atoms with van der Waals surface area (Å²) < 4.78 is 12.5. The summed E-state index contributed by atoms with van der Waals surface area (Å²) in [5.74, 6) is 0. The maximum absolute atomic E-state index is 12.5. The molecule has 0 saturated carbocycles. The lowest BCUT2D eigenvalue weighted by Crippen LogP contribution is -2.21. The first-order chi connectivity index (χ1) is 5.86. The van der Waals surface area contributed by atoms with Crippen molar-refractivity contribution in [3.05, 3.63) is 24.3 Å². The topological polar surface area (TPSA) is 17.1 Å². The minimum Gasteiger partial charge on any atom is -0.322 e. The minimum absolute atomic E-state index is 0.0936. The van der Waals surface area contributed by atoms with Crippen molar-refractivity contribution < 1.29 is 4.57 Å². The van der Waals surface area contributed by atoms with E-state index in [1.54, 1.807) is 0 Å². The van der Waals surface area contributed by atoms with Gasteiger partial charge >= 0.3 is 0 Å². The van der Waals surface area contributed by atoms with E-state index in [0.717, 1.165) is 6.42 Å². The molecule has 0 bridgehead atoms. The van der Waals surface area contributed by atoms with Gasteiger partial charge in [-0.15, -0.1) is 0 Å². The normalized spacial score (nSPS) is 23.1. The van der Waals surface area contributed by atoms with E-state index >= 15 is 0 Å². The summed E-state index contributed by atoms with van der Waals surface area (Å²) in [6, 6.07) is 0. The van der Waals surface area contributed by atoms with E-state index in [4.69, 9.17) is 0 Å². The Morgan fingerprint density at radius 1 is 1.23 bits per heavy atom. The van der Waals surface area contributed by atoms with Crippen LogP contribution in [0.25, 0.3) is 0 Å². The maximum atomic E-state index is 12.5. The van der Waals surface area contributed by atoms with Crippen molar-refractivity contribution in [3.8, 4) is 0 Å². The summed E-state index contributed by atoms with van der Waals surface area (Å²) in [6.07, 6.45) is 9.37. The fraction of sp³-hybridized carbons (Fsp3) is 0.636. The Labute approximate surface area is 81.3 Å². The number of allylic oxidation sites excluding steroid dienone is 4. The van der Waals surface area contributed by atoms with Gasteiger partial charge in [0.2, 0.25) is 0 Å². The fourth-order valence-electron chi connectivity index (χ4n) is 1.35. The van der Waals surface area contributed by atoms with Crippen molar-refractivity contribution in [2.45, 2.75) is 38.0 Å². The first-order valence-electron chi connectivity index (χ1n) is 4.76. The van der Waals surface area contributed by atoms with E-state index in [-0.39, 0.29) is 10.8 Å². The monoisotopic (exact) mass is 198 g/mol. The predicted molar refractivity (Wildman–Crippen MR) is 60.0 cm³/mol. The molecule has 0 aromatic carbocycles. The van der Waals surface area contributed by atoms with Crippen molar-refractivity contribution >= 4 is 7.14 Å². The van der Waals surface area contributed by atoms with Gasteiger partial charge in [-0.25, -0.2) is 0 Å². The lowest BCUT2D eigenvalue weighted by molar-refractivity contribution is 0.550. The number of hydrogen-bond acceptors (Lipinski definition) is 1. The van der Waals surface area contributed by atoms with Crippen LogP contribution in [0.3, 0.4) is 0 Å². The zero-order valence-corrected chi connectivity index (χ0v) is 9.84. The molecule has 0 aliphatic heterocycles. The predicted octanol–water partition coefficient (Wildman–Crippen LogP) is 3.66. The van der Waals surface area contributed by atoms with Crippen LogP contribution >= 0.6 is 7.14 Å². The first-order valence-corrected chi connectivity index (χ1v) is 6.98. The SMILES string of the molecule is CC(C)(C)[P@](C)(=O)C1C=CCC=C1. The van der Waals surface area contributed by atoms with Gasteiger partial charge in [0.1, 0.15) is 0 Å². The van der Waals surface area contributed by atoms with E-state index in [0.29, 0.717) is 0 Å². The highest BCUT2D eigenvalue weighted by molar-refractivity contribution is 7.65. The van der Waals surface area contributed by atoms with Gasteiger partial charge in [-0.05, 0) is 13.1 Å². The average Bonchev–Trinajstić information content (AvgIpc) is 2.04. The zero-order valence-electron chi connectivity index (χ0n) is 8.95. The molecule has 0 heterocycles. The highest BCUT2D eigenvalue weighted by Crippen LogP contribution is 2.59. The van der Waals surface area contributed by atoms with Gasteiger partial charge in [0.25, 0.3) is 0 Å². The van der Waals surface area contributed by atoms with Crippen molar-refractivity contribution in [3.63, 3.8) is 0 Å². The van der Waals surface area contributed by atoms with Crippen molar-refractivity contribution in [2.75, 3.05) is 6.66 Å². The van der Waals surface area contributed by atoms with E-state index in [9.17, 15) is 4.57 Å². The van der Waals surface area contributed by atoms with Crippen molar-refractivity contribution in [1.82, 2.24) is 0 Å². The largest absolute Gasteiger partial charge is 0.322 e. The van der Waals surface area contributed by atoms with E-state index in [1.807, 2.05) is 6.66 Å². The number of hydrogen-bond donors (Lipinski definition) is 0. The quantitative estimate of drug-likeness (QED) is 0.464. The second-order valence-corrected chi connectivity index (χ2v) is 8.66. The smallest absolute Gasteiger partial charge is 0.0999 e. The first kappa shape index (κ1) is 10.8. The molecule has 0 fully saturated rings.